The Morgan fingerprint density at radius 2 is 1.88 bits per heavy atom. The topological polar surface area (TPSA) is 76.1 Å². The Hall–Kier alpha value is -1.74. The van der Waals surface area contributed by atoms with Crippen LogP contribution >= 0.6 is 11.8 Å². The van der Waals surface area contributed by atoms with Crippen molar-refractivity contribution in [2.24, 2.45) is 0 Å². The molecule has 1 heterocycles. The smallest absolute Gasteiger partial charge is 0.397 e. The first-order chi connectivity index (χ1) is 11.5. The summed E-state index contributed by atoms with van der Waals surface area (Å²) in [5, 5.41) is 0. The van der Waals surface area contributed by atoms with E-state index in [1.807, 2.05) is 36.4 Å². The van der Waals surface area contributed by atoms with Gasteiger partial charge in [-0.3, -0.25) is 4.55 Å². The van der Waals surface area contributed by atoms with Gasteiger partial charge >= 0.3 is 10.4 Å². The van der Waals surface area contributed by atoms with Gasteiger partial charge in [-0.05, 0) is 30.7 Å². The van der Waals surface area contributed by atoms with Crippen molar-refractivity contribution in [1.82, 2.24) is 0 Å². The van der Waals surface area contributed by atoms with Gasteiger partial charge in [0, 0.05) is 22.4 Å². The largest absolute Gasteiger partial charge is 0.497 e. The molecule has 0 saturated heterocycles. The SMILES string of the molecule is COc1ccc2c(c1)N(CCCOS(=O)(=O)O)c1ccccc1S2. The molecule has 0 unspecified atom stereocenters. The number of methoxy groups -OCH3 is 1. The van der Waals surface area contributed by atoms with Gasteiger partial charge in [0.15, 0.2) is 0 Å². The average molecular weight is 367 g/mol. The Kier molecular flexibility index (Phi) is 5.00. The summed E-state index contributed by atoms with van der Waals surface area (Å²) in [6.07, 6.45) is 0.440. The lowest BCUT2D eigenvalue weighted by Crippen LogP contribution is -2.23. The van der Waals surface area contributed by atoms with Crippen LogP contribution < -0.4 is 9.64 Å². The molecule has 3 rings (SSSR count). The van der Waals surface area contributed by atoms with Crippen LogP contribution in [0.1, 0.15) is 6.42 Å². The lowest BCUT2D eigenvalue weighted by atomic mass is 10.2. The van der Waals surface area contributed by atoms with Crippen molar-refractivity contribution >= 4 is 33.5 Å². The number of fused-ring (bicyclic) bond motifs is 2. The highest BCUT2D eigenvalue weighted by molar-refractivity contribution is 7.99. The zero-order chi connectivity index (χ0) is 17.2. The number of para-hydroxylation sites is 1. The van der Waals surface area contributed by atoms with Crippen LogP contribution in [-0.4, -0.2) is 33.2 Å². The second kappa shape index (κ2) is 7.02. The lowest BCUT2D eigenvalue weighted by molar-refractivity contribution is 0.266. The first kappa shape index (κ1) is 17.1. The summed E-state index contributed by atoms with van der Waals surface area (Å²) < 4.78 is 39.7. The van der Waals surface area contributed by atoms with Crippen molar-refractivity contribution in [2.45, 2.75) is 16.2 Å². The predicted molar refractivity (Wildman–Crippen MR) is 92.7 cm³/mol. The highest BCUT2D eigenvalue weighted by atomic mass is 32.3. The molecule has 1 aliphatic heterocycles. The molecule has 0 bridgehead atoms. The molecule has 24 heavy (non-hydrogen) atoms. The first-order valence-electron chi connectivity index (χ1n) is 7.32. The summed E-state index contributed by atoms with van der Waals surface area (Å²) in [7, 11) is -2.78. The summed E-state index contributed by atoms with van der Waals surface area (Å²) >= 11 is 1.68. The molecule has 0 aliphatic carbocycles. The molecule has 0 saturated carbocycles. The third-order valence-electron chi connectivity index (χ3n) is 3.59. The average Bonchev–Trinajstić information content (AvgIpc) is 2.56. The number of anilines is 2. The van der Waals surface area contributed by atoms with E-state index in [9.17, 15) is 8.42 Å². The van der Waals surface area contributed by atoms with Crippen LogP contribution in [0.4, 0.5) is 11.4 Å². The minimum atomic E-state index is -4.40. The van der Waals surface area contributed by atoms with Crippen molar-refractivity contribution in [3.63, 3.8) is 0 Å². The van der Waals surface area contributed by atoms with E-state index >= 15 is 0 Å². The number of hydrogen-bond acceptors (Lipinski definition) is 6. The van der Waals surface area contributed by atoms with Crippen LogP contribution in [0.15, 0.2) is 52.3 Å². The van der Waals surface area contributed by atoms with E-state index < -0.39 is 10.4 Å². The van der Waals surface area contributed by atoms with Gasteiger partial charge in [0.2, 0.25) is 0 Å². The number of nitrogens with zero attached hydrogens (tertiary/aromatic N) is 1. The van der Waals surface area contributed by atoms with E-state index in [1.165, 1.54) is 0 Å². The Morgan fingerprint density at radius 1 is 1.12 bits per heavy atom. The van der Waals surface area contributed by atoms with Crippen molar-refractivity contribution in [1.29, 1.82) is 0 Å². The predicted octanol–water partition coefficient (Wildman–Crippen LogP) is 3.51. The Balaban J connectivity index is 1.86. The van der Waals surface area contributed by atoms with Crippen molar-refractivity contribution < 1.29 is 21.9 Å². The second-order valence-corrected chi connectivity index (χ2v) is 7.33. The summed E-state index contributed by atoms with van der Waals surface area (Å²) in [5.74, 6) is 0.757. The minimum Gasteiger partial charge on any atom is -0.497 e. The Labute approximate surface area is 145 Å². The Morgan fingerprint density at radius 3 is 2.62 bits per heavy atom. The van der Waals surface area contributed by atoms with Crippen LogP contribution in [0.25, 0.3) is 0 Å². The summed E-state index contributed by atoms with van der Waals surface area (Å²) in [6, 6.07) is 13.9. The van der Waals surface area contributed by atoms with Gasteiger partial charge in [0.1, 0.15) is 5.75 Å². The van der Waals surface area contributed by atoms with E-state index in [-0.39, 0.29) is 6.61 Å². The summed E-state index contributed by atoms with van der Waals surface area (Å²) in [5.41, 5.74) is 2.06. The van der Waals surface area contributed by atoms with E-state index in [2.05, 4.69) is 15.1 Å². The first-order valence-corrected chi connectivity index (χ1v) is 9.50. The summed E-state index contributed by atoms with van der Waals surface area (Å²) in [4.78, 5) is 4.34. The molecule has 1 aliphatic rings. The third-order valence-corrected chi connectivity index (χ3v) is 5.19. The van der Waals surface area contributed by atoms with Gasteiger partial charge < -0.3 is 9.64 Å². The van der Waals surface area contributed by atoms with E-state index in [0.29, 0.717) is 13.0 Å². The zero-order valence-corrected chi connectivity index (χ0v) is 14.6. The fourth-order valence-electron chi connectivity index (χ4n) is 2.56. The number of benzene rings is 2. The second-order valence-electron chi connectivity index (χ2n) is 5.16. The fraction of sp³-hybridized carbons (Fsp3) is 0.250. The highest BCUT2D eigenvalue weighted by Crippen LogP contribution is 2.48. The maximum Gasteiger partial charge on any atom is 0.397 e. The van der Waals surface area contributed by atoms with Crippen molar-refractivity contribution in [3.05, 3.63) is 42.5 Å². The van der Waals surface area contributed by atoms with Gasteiger partial charge in [-0.2, -0.15) is 8.42 Å². The molecule has 128 valence electrons. The maximum atomic E-state index is 10.7. The summed E-state index contributed by atoms with van der Waals surface area (Å²) in [6.45, 7) is 0.469. The van der Waals surface area contributed by atoms with Gasteiger partial charge in [0.25, 0.3) is 0 Å². The molecule has 0 amide bonds. The van der Waals surface area contributed by atoms with Crippen LogP contribution in [0.2, 0.25) is 0 Å². The van der Waals surface area contributed by atoms with Crippen LogP contribution in [0.5, 0.6) is 5.75 Å². The zero-order valence-electron chi connectivity index (χ0n) is 13.0. The fourth-order valence-corrected chi connectivity index (χ4v) is 3.97. The third kappa shape index (κ3) is 3.84. The van der Waals surface area contributed by atoms with E-state index in [0.717, 1.165) is 26.9 Å². The van der Waals surface area contributed by atoms with Gasteiger partial charge in [-0.1, -0.05) is 23.9 Å². The molecule has 0 spiro atoms. The maximum absolute atomic E-state index is 10.7. The number of rotatable bonds is 6. The molecule has 1 N–H and O–H groups in total. The molecule has 0 radical (unpaired) electrons. The molecule has 0 aromatic heterocycles. The number of ether oxygens (including phenoxy) is 1. The van der Waals surface area contributed by atoms with Crippen molar-refractivity contribution in [2.75, 3.05) is 25.2 Å². The van der Waals surface area contributed by atoms with E-state index in [1.54, 1.807) is 18.9 Å². The van der Waals surface area contributed by atoms with Gasteiger partial charge in [0.05, 0.1) is 25.1 Å². The molecule has 2 aromatic rings. The quantitative estimate of drug-likeness (QED) is 0.618. The van der Waals surface area contributed by atoms with Gasteiger partial charge in [-0.15, -0.1) is 0 Å². The Bertz CT molecular complexity index is 838. The molecule has 8 heteroatoms. The minimum absolute atomic E-state index is 0.0794. The molecule has 6 nitrogen and oxygen atoms in total. The molecular formula is C16H17NO5S2. The molecule has 0 atom stereocenters. The van der Waals surface area contributed by atoms with Crippen LogP contribution in [0, 0.1) is 0 Å². The van der Waals surface area contributed by atoms with E-state index in [4.69, 9.17) is 9.29 Å². The monoisotopic (exact) mass is 367 g/mol. The highest BCUT2D eigenvalue weighted by Gasteiger charge is 2.23. The van der Waals surface area contributed by atoms with Crippen LogP contribution in [0.3, 0.4) is 0 Å². The van der Waals surface area contributed by atoms with Crippen LogP contribution in [-0.2, 0) is 14.6 Å². The molecule has 2 aromatic carbocycles. The van der Waals surface area contributed by atoms with Crippen molar-refractivity contribution in [3.8, 4) is 5.75 Å². The lowest BCUT2D eigenvalue weighted by Gasteiger charge is -2.33. The molecule has 0 fully saturated rings. The standard InChI is InChI=1S/C16H17NO5S2/c1-21-12-7-8-16-14(11-12)17(9-4-10-22-24(18,19)20)13-5-2-3-6-15(13)23-16/h2-3,5-8,11H,4,9-10H2,1H3,(H,18,19,20). The normalized spacial score (nSPS) is 13.3. The molecular weight excluding hydrogens is 350 g/mol. The van der Waals surface area contributed by atoms with Gasteiger partial charge in [-0.25, -0.2) is 4.18 Å². The number of hydrogen-bond donors (Lipinski definition) is 1.